The maximum Gasteiger partial charge on any atom is 0.174 e. The van der Waals surface area contributed by atoms with Crippen LogP contribution in [-0.4, -0.2) is 19.6 Å². The van der Waals surface area contributed by atoms with E-state index in [-0.39, 0.29) is 12.1 Å². The van der Waals surface area contributed by atoms with E-state index in [1.807, 2.05) is 42.7 Å². The monoisotopic (exact) mass is 439 g/mol. The van der Waals surface area contributed by atoms with Gasteiger partial charge in [0.05, 0.1) is 17.8 Å². The molecule has 32 heavy (non-hydrogen) atoms. The number of aryl methyl sites for hydroxylation is 2. The molecule has 1 aromatic carbocycles. The minimum absolute atomic E-state index is 0.0369. The van der Waals surface area contributed by atoms with Gasteiger partial charge in [-0.15, -0.1) is 0 Å². The fraction of sp³-hybridized carbons (Fsp3) is 0.192. The maximum absolute atomic E-state index is 5.84. The number of nitrogens with one attached hydrogen (secondary N) is 1. The van der Waals surface area contributed by atoms with Gasteiger partial charge in [0.25, 0.3) is 0 Å². The Morgan fingerprint density at radius 3 is 2.38 bits per heavy atom. The second-order valence-corrected chi connectivity index (χ2v) is 8.57. The van der Waals surface area contributed by atoms with Crippen LogP contribution in [0.15, 0.2) is 79.1 Å². The zero-order valence-corrected chi connectivity index (χ0v) is 19.2. The van der Waals surface area contributed by atoms with Crippen LogP contribution in [0.3, 0.4) is 0 Å². The van der Waals surface area contributed by atoms with E-state index in [9.17, 15) is 0 Å². The van der Waals surface area contributed by atoms with E-state index in [0.29, 0.717) is 5.11 Å². The van der Waals surface area contributed by atoms with Gasteiger partial charge in [0.2, 0.25) is 0 Å². The topological polar surface area (TPSA) is 46.0 Å². The Balaban J connectivity index is 1.67. The fourth-order valence-electron chi connectivity index (χ4n) is 4.57. The van der Waals surface area contributed by atoms with Crippen molar-refractivity contribution in [3.05, 3.63) is 107 Å². The van der Waals surface area contributed by atoms with Crippen molar-refractivity contribution in [3.8, 4) is 5.82 Å². The Bertz CT molecular complexity index is 1250. The number of hydrogen-bond donors (Lipinski definition) is 1. The highest BCUT2D eigenvalue weighted by Gasteiger charge is 2.42. The summed E-state index contributed by atoms with van der Waals surface area (Å²) in [4.78, 5) is 11.5. The third-order valence-corrected chi connectivity index (χ3v) is 6.36. The molecule has 0 bridgehead atoms. The van der Waals surface area contributed by atoms with Crippen molar-refractivity contribution in [2.75, 3.05) is 4.90 Å². The van der Waals surface area contributed by atoms with Gasteiger partial charge in [-0.3, -0.25) is 4.98 Å². The third kappa shape index (κ3) is 3.46. The summed E-state index contributed by atoms with van der Waals surface area (Å²) in [5, 5.41) is 4.24. The van der Waals surface area contributed by atoms with Crippen molar-refractivity contribution in [3.63, 3.8) is 0 Å². The first kappa shape index (κ1) is 20.4. The van der Waals surface area contributed by atoms with Gasteiger partial charge in [-0.25, -0.2) is 4.98 Å². The molecule has 160 valence electrons. The first-order valence-electron chi connectivity index (χ1n) is 10.7. The molecule has 4 aromatic rings. The normalized spacial score (nSPS) is 18.1. The Kier molecular flexibility index (Phi) is 5.23. The second kappa shape index (κ2) is 8.20. The summed E-state index contributed by atoms with van der Waals surface area (Å²) in [7, 11) is 0. The molecule has 1 aliphatic rings. The summed E-state index contributed by atoms with van der Waals surface area (Å²) in [6.45, 7) is 6.34. The molecular weight excluding hydrogens is 414 g/mol. The van der Waals surface area contributed by atoms with E-state index >= 15 is 0 Å². The molecule has 1 aliphatic heterocycles. The molecule has 1 saturated heterocycles. The number of benzene rings is 1. The van der Waals surface area contributed by atoms with Crippen LogP contribution in [0.5, 0.6) is 0 Å². The molecule has 0 saturated carbocycles. The van der Waals surface area contributed by atoms with E-state index < -0.39 is 0 Å². The van der Waals surface area contributed by atoms with E-state index in [2.05, 4.69) is 81.9 Å². The quantitative estimate of drug-likeness (QED) is 0.433. The number of rotatable bonds is 4. The zero-order valence-electron chi connectivity index (χ0n) is 18.4. The number of nitrogens with zero attached hydrogens (tertiary/aromatic N) is 4. The van der Waals surface area contributed by atoms with Crippen molar-refractivity contribution in [2.24, 2.45) is 0 Å². The summed E-state index contributed by atoms with van der Waals surface area (Å²) < 4.78 is 2.22. The lowest BCUT2D eigenvalue weighted by atomic mass is 9.96. The highest BCUT2D eigenvalue weighted by molar-refractivity contribution is 7.80. The van der Waals surface area contributed by atoms with Gasteiger partial charge in [0, 0.05) is 29.5 Å². The van der Waals surface area contributed by atoms with Gasteiger partial charge >= 0.3 is 0 Å². The minimum Gasteiger partial charge on any atom is -0.351 e. The van der Waals surface area contributed by atoms with Gasteiger partial charge in [-0.1, -0.05) is 30.3 Å². The SMILES string of the molecule is Cc1ccc(-n2c(C)cc([C@@H]3[C@H](c4ccccn4)NC(=S)N3c3ccccc3)c2C)nc1. The van der Waals surface area contributed by atoms with Gasteiger partial charge < -0.3 is 14.8 Å². The van der Waals surface area contributed by atoms with E-state index in [1.54, 1.807) is 0 Å². The van der Waals surface area contributed by atoms with Gasteiger partial charge in [-0.05, 0) is 80.5 Å². The Morgan fingerprint density at radius 2 is 1.69 bits per heavy atom. The van der Waals surface area contributed by atoms with Crippen molar-refractivity contribution in [1.29, 1.82) is 0 Å². The Morgan fingerprint density at radius 1 is 0.906 bits per heavy atom. The molecule has 5 nitrogen and oxygen atoms in total. The summed E-state index contributed by atoms with van der Waals surface area (Å²) in [5.74, 6) is 0.922. The summed E-state index contributed by atoms with van der Waals surface area (Å²) in [6, 6.07) is 22.7. The van der Waals surface area contributed by atoms with Crippen molar-refractivity contribution in [2.45, 2.75) is 32.9 Å². The van der Waals surface area contributed by atoms with Crippen LogP contribution in [0.25, 0.3) is 5.82 Å². The molecule has 2 atom stereocenters. The average Bonchev–Trinajstić information content (AvgIpc) is 3.31. The van der Waals surface area contributed by atoms with Crippen molar-refractivity contribution >= 4 is 23.0 Å². The second-order valence-electron chi connectivity index (χ2n) is 8.19. The molecule has 0 amide bonds. The van der Waals surface area contributed by atoms with Crippen LogP contribution in [0.2, 0.25) is 0 Å². The maximum atomic E-state index is 5.84. The van der Waals surface area contributed by atoms with Crippen LogP contribution in [-0.2, 0) is 0 Å². The molecule has 3 aromatic heterocycles. The Hall–Kier alpha value is -3.51. The van der Waals surface area contributed by atoms with Gasteiger partial charge in [0.15, 0.2) is 5.11 Å². The predicted octanol–water partition coefficient (Wildman–Crippen LogP) is 5.37. The molecule has 6 heteroatoms. The molecule has 5 rings (SSSR count). The Labute approximate surface area is 193 Å². The van der Waals surface area contributed by atoms with Crippen LogP contribution in [0, 0.1) is 20.8 Å². The molecule has 0 radical (unpaired) electrons. The van der Waals surface area contributed by atoms with E-state index in [1.165, 1.54) is 5.56 Å². The summed E-state index contributed by atoms with van der Waals surface area (Å²) >= 11 is 5.84. The first-order chi connectivity index (χ1) is 15.5. The lowest BCUT2D eigenvalue weighted by Crippen LogP contribution is -2.29. The number of aromatic nitrogens is 3. The minimum atomic E-state index is -0.0659. The average molecular weight is 440 g/mol. The van der Waals surface area contributed by atoms with Crippen LogP contribution in [0.4, 0.5) is 5.69 Å². The predicted molar refractivity (Wildman–Crippen MR) is 132 cm³/mol. The van der Waals surface area contributed by atoms with Crippen molar-refractivity contribution < 1.29 is 0 Å². The molecule has 0 spiro atoms. The zero-order chi connectivity index (χ0) is 22.2. The smallest absolute Gasteiger partial charge is 0.174 e. The highest BCUT2D eigenvalue weighted by Crippen LogP contribution is 2.43. The highest BCUT2D eigenvalue weighted by atomic mass is 32.1. The number of anilines is 1. The van der Waals surface area contributed by atoms with Gasteiger partial charge in [-0.2, -0.15) is 0 Å². The van der Waals surface area contributed by atoms with Crippen molar-refractivity contribution in [1.82, 2.24) is 19.9 Å². The molecule has 0 aliphatic carbocycles. The summed E-state index contributed by atoms with van der Waals surface area (Å²) in [5.41, 5.74) is 6.67. The number of pyridine rings is 2. The lowest BCUT2D eigenvalue weighted by molar-refractivity contribution is 0.565. The largest absolute Gasteiger partial charge is 0.351 e. The molecule has 1 N–H and O–H groups in total. The van der Waals surface area contributed by atoms with E-state index in [4.69, 9.17) is 12.2 Å². The van der Waals surface area contributed by atoms with Gasteiger partial charge in [0.1, 0.15) is 5.82 Å². The molecule has 0 unspecified atom stereocenters. The molecule has 1 fully saturated rings. The fourth-order valence-corrected chi connectivity index (χ4v) is 4.92. The number of hydrogen-bond acceptors (Lipinski definition) is 3. The van der Waals surface area contributed by atoms with Crippen LogP contribution >= 0.6 is 12.2 Å². The molecule has 4 heterocycles. The third-order valence-electron chi connectivity index (χ3n) is 6.05. The number of thiocarbonyl (C=S) groups is 1. The summed E-state index contributed by atoms with van der Waals surface area (Å²) in [6.07, 6.45) is 3.74. The first-order valence-corrected chi connectivity index (χ1v) is 11.1. The molecular formula is C26H25N5S. The standard InChI is InChI=1S/C26H25N5S/c1-17-12-13-23(28-16-17)30-18(2)15-21(19(30)3)25-24(22-11-7-8-14-27-22)29-26(32)31(25)20-9-5-4-6-10-20/h4-16,24-25H,1-3H3,(H,29,32)/t24-,25+/m0/s1. The number of para-hydroxylation sites is 1. The van der Waals surface area contributed by atoms with E-state index in [0.717, 1.165) is 34.2 Å². The van der Waals surface area contributed by atoms with Crippen LogP contribution < -0.4 is 10.2 Å². The van der Waals surface area contributed by atoms with Crippen LogP contribution in [0.1, 0.15) is 40.3 Å². The lowest BCUT2D eigenvalue weighted by Gasteiger charge is -2.28.